The molecule has 0 saturated carbocycles. The summed E-state index contributed by atoms with van der Waals surface area (Å²) in [5.41, 5.74) is 6.81. The zero-order valence-electron chi connectivity index (χ0n) is 19.3. The highest BCUT2D eigenvalue weighted by atomic mass is 16.5. The highest BCUT2D eigenvalue weighted by Crippen LogP contribution is 2.24. The van der Waals surface area contributed by atoms with Gasteiger partial charge < -0.3 is 15.4 Å². The number of carbonyl (C=O) groups is 1. The third-order valence-corrected chi connectivity index (χ3v) is 7.16. The lowest BCUT2D eigenvalue weighted by Crippen LogP contribution is -2.76. The number of nitrogens with one attached hydrogen (secondary N) is 6. The molecule has 1 amide bonds. The average Bonchev–Trinajstić information content (AvgIpc) is 2.86. The lowest BCUT2D eigenvalue weighted by molar-refractivity contribution is -0.132. The van der Waals surface area contributed by atoms with Crippen LogP contribution in [0.2, 0.25) is 0 Å². The van der Waals surface area contributed by atoms with Crippen LogP contribution in [0.3, 0.4) is 0 Å². The number of ether oxygens (including phenoxy) is 1. The predicted molar refractivity (Wildman–Crippen MR) is 128 cm³/mol. The number of hydrogen-bond acceptors (Lipinski definition) is 9. The molecule has 4 heterocycles. The molecule has 4 aliphatic heterocycles. The Labute approximate surface area is 196 Å². The van der Waals surface area contributed by atoms with Crippen molar-refractivity contribution in [1.82, 2.24) is 36.6 Å². The molecule has 10 nitrogen and oxygen atoms in total. The largest absolute Gasteiger partial charge is 0.492 e. The van der Waals surface area contributed by atoms with Crippen molar-refractivity contribution >= 4 is 11.6 Å². The number of hydrazine groups is 1. The Morgan fingerprint density at radius 3 is 2.58 bits per heavy atom. The fourth-order valence-electron chi connectivity index (χ4n) is 5.29. The first-order valence-corrected chi connectivity index (χ1v) is 12.5. The lowest BCUT2D eigenvalue weighted by atomic mass is 9.91. The minimum atomic E-state index is -0.206. The van der Waals surface area contributed by atoms with E-state index in [1.54, 1.807) is 0 Å². The van der Waals surface area contributed by atoms with E-state index in [0.717, 1.165) is 57.3 Å². The molecule has 5 rings (SSSR count). The van der Waals surface area contributed by atoms with Crippen LogP contribution in [0, 0.1) is 5.92 Å². The molecular weight excluding hydrogens is 420 g/mol. The van der Waals surface area contributed by atoms with E-state index in [1.807, 2.05) is 24.3 Å². The van der Waals surface area contributed by atoms with Crippen LogP contribution >= 0.6 is 0 Å². The number of benzene rings is 1. The molecule has 0 bridgehead atoms. The van der Waals surface area contributed by atoms with Gasteiger partial charge in [-0.1, -0.05) is 6.42 Å². The molecule has 4 aliphatic rings. The van der Waals surface area contributed by atoms with E-state index in [0.29, 0.717) is 13.2 Å². The number of piperazine rings is 1. The van der Waals surface area contributed by atoms with Gasteiger partial charge in [0.15, 0.2) is 0 Å². The molecule has 10 heteroatoms. The third-order valence-electron chi connectivity index (χ3n) is 7.16. The number of amides is 1. The Bertz CT molecular complexity index is 766. The predicted octanol–water partition coefficient (Wildman–Crippen LogP) is -0.710. The van der Waals surface area contributed by atoms with Crippen LogP contribution in [0.25, 0.3) is 0 Å². The van der Waals surface area contributed by atoms with Gasteiger partial charge in [-0.15, -0.1) is 0 Å². The molecule has 1 aromatic rings. The van der Waals surface area contributed by atoms with Gasteiger partial charge in [-0.3, -0.25) is 30.7 Å². The van der Waals surface area contributed by atoms with E-state index in [4.69, 9.17) is 4.74 Å². The van der Waals surface area contributed by atoms with Gasteiger partial charge in [0.05, 0.1) is 12.1 Å². The third kappa shape index (κ3) is 5.76. The zero-order chi connectivity index (χ0) is 22.5. The van der Waals surface area contributed by atoms with E-state index >= 15 is 0 Å². The van der Waals surface area contributed by atoms with E-state index in [1.165, 1.54) is 19.3 Å². The minimum absolute atomic E-state index is 0.00807. The molecule has 1 aromatic carbocycles. The normalized spacial score (nSPS) is 31.5. The monoisotopic (exact) mass is 458 g/mol. The molecule has 0 aliphatic carbocycles. The molecule has 4 unspecified atom stereocenters. The van der Waals surface area contributed by atoms with Gasteiger partial charge in [0.1, 0.15) is 18.6 Å². The summed E-state index contributed by atoms with van der Waals surface area (Å²) >= 11 is 0. The molecule has 0 radical (unpaired) electrons. The maximum absolute atomic E-state index is 12.7. The summed E-state index contributed by atoms with van der Waals surface area (Å²) in [5.74, 6) is 0.675. The minimum Gasteiger partial charge on any atom is -0.492 e. The highest BCUT2D eigenvalue weighted by molar-refractivity contribution is 5.81. The zero-order valence-corrected chi connectivity index (χ0v) is 19.3. The second-order valence-corrected chi connectivity index (χ2v) is 9.42. The van der Waals surface area contributed by atoms with Crippen molar-refractivity contribution in [2.45, 2.75) is 37.8 Å². The van der Waals surface area contributed by atoms with E-state index in [2.05, 4.69) is 41.9 Å². The smallest absolute Gasteiger partial charge is 0.242 e. The van der Waals surface area contributed by atoms with Crippen molar-refractivity contribution < 1.29 is 9.53 Å². The summed E-state index contributed by atoms with van der Waals surface area (Å²) in [6.07, 6.45) is 3.64. The van der Waals surface area contributed by atoms with Gasteiger partial charge in [-0.25, -0.2) is 5.43 Å². The van der Waals surface area contributed by atoms with Crippen LogP contribution in [0.4, 0.5) is 5.69 Å². The quantitative estimate of drug-likeness (QED) is 0.316. The first-order chi connectivity index (χ1) is 16.3. The Kier molecular flexibility index (Phi) is 7.60. The second-order valence-electron chi connectivity index (χ2n) is 9.42. The molecule has 4 saturated heterocycles. The van der Waals surface area contributed by atoms with E-state index < -0.39 is 0 Å². The van der Waals surface area contributed by atoms with Crippen molar-refractivity contribution in [2.24, 2.45) is 5.92 Å². The van der Waals surface area contributed by atoms with Crippen LogP contribution < -0.4 is 36.9 Å². The van der Waals surface area contributed by atoms with Gasteiger partial charge in [-0.05, 0) is 37.1 Å². The molecule has 4 fully saturated rings. The van der Waals surface area contributed by atoms with E-state index in [9.17, 15) is 4.79 Å². The number of hydrogen-bond donors (Lipinski definition) is 6. The summed E-state index contributed by atoms with van der Waals surface area (Å²) < 4.78 is 5.96. The highest BCUT2D eigenvalue weighted by Gasteiger charge is 2.45. The van der Waals surface area contributed by atoms with Crippen LogP contribution in [-0.4, -0.2) is 93.2 Å². The van der Waals surface area contributed by atoms with Crippen molar-refractivity contribution in [3.63, 3.8) is 0 Å². The summed E-state index contributed by atoms with van der Waals surface area (Å²) in [7, 11) is 0. The summed E-state index contributed by atoms with van der Waals surface area (Å²) in [6.45, 7) is 8.78. The Balaban J connectivity index is 1.19. The molecule has 182 valence electrons. The summed E-state index contributed by atoms with van der Waals surface area (Å²) in [5, 5.41) is 14.3. The average molecular weight is 459 g/mol. The first kappa shape index (κ1) is 22.8. The lowest BCUT2D eigenvalue weighted by Gasteiger charge is -2.49. The molecule has 0 aromatic heterocycles. The maximum Gasteiger partial charge on any atom is 0.242 e. The van der Waals surface area contributed by atoms with Gasteiger partial charge in [0.2, 0.25) is 5.91 Å². The number of piperidine rings is 1. The van der Waals surface area contributed by atoms with Crippen LogP contribution in [-0.2, 0) is 4.79 Å². The molecule has 6 N–H and O–H groups in total. The van der Waals surface area contributed by atoms with Crippen molar-refractivity contribution in [1.29, 1.82) is 0 Å². The number of carbonyl (C=O) groups excluding carboxylic acids is 1. The maximum atomic E-state index is 12.7. The summed E-state index contributed by atoms with van der Waals surface area (Å²) in [6, 6.07) is 8.14. The molecule has 0 spiro atoms. The Hall–Kier alpha value is -1.95. The fraction of sp³-hybridized carbons (Fsp3) is 0.696. The molecular formula is C23H38N8O2. The Morgan fingerprint density at radius 1 is 1.00 bits per heavy atom. The van der Waals surface area contributed by atoms with E-state index in [-0.39, 0.29) is 30.3 Å². The summed E-state index contributed by atoms with van der Waals surface area (Å²) in [4.78, 5) is 17.6. The number of anilines is 1. The first-order valence-electron chi connectivity index (χ1n) is 12.5. The number of fused-ring (bicyclic) bond motifs is 1. The van der Waals surface area contributed by atoms with Crippen molar-refractivity contribution in [3.05, 3.63) is 24.3 Å². The number of rotatable bonds is 7. The van der Waals surface area contributed by atoms with Crippen LogP contribution in [0.1, 0.15) is 19.3 Å². The van der Waals surface area contributed by atoms with Gasteiger partial charge in [0, 0.05) is 64.1 Å². The van der Waals surface area contributed by atoms with Crippen LogP contribution in [0.5, 0.6) is 5.75 Å². The molecule has 4 atom stereocenters. The molecule has 33 heavy (non-hydrogen) atoms. The fourth-order valence-corrected chi connectivity index (χ4v) is 5.29. The van der Waals surface area contributed by atoms with Crippen molar-refractivity contribution in [2.75, 3.05) is 64.3 Å². The number of nitrogens with zero attached hydrogens (tertiary/aromatic N) is 2. The van der Waals surface area contributed by atoms with Crippen molar-refractivity contribution in [3.8, 4) is 5.75 Å². The van der Waals surface area contributed by atoms with Gasteiger partial charge in [0.25, 0.3) is 0 Å². The van der Waals surface area contributed by atoms with Gasteiger partial charge in [-0.2, -0.15) is 0 Å². The second kappa shape index (κ2) is 11.0. The van der Waals surface area contributed by atoms with Gasteiger partial charge >= 0.3 is 0 Å². The number of likely N-dealkylation sites (tertiary alicyclic amines) is 1. The standard InChI is InChI=1S/C23H38N8O2/c32-22-20-19(16-25-29-22)27-23(31-10-2-1-3-11-31)28-21(20)26-17-4-6-18(7-5-17)33-15-14-30-12-8-24-9-13-30/h4-7,19-21,23-28H,1-3,8-16H2,(H,29,32). The SMILES string of the molecule is O=C1NNCC2NC(N3CCCCC3)NC(Nc3ccc(OCCN4CCNCC4)cc3)C12. The Morgan fingerprint density at radius 2 is 1.79 bits per heavy atom. The topological polar surface area (TPSA) is 105 Å². The van der Waals surface area contributed by atoms with Crippen LogP contribution in [0.15, 0.2) is 24.3 Å².